The molecule has 0 spiro atoms. The summed E-state index contributed by atoms with van der Waals surface area (Å²) in [5.41, 5.74) is 0.481. The lowest BCUT2D eigenvalue weighted by Crippen LogP contribution is -2.58. The Labute approximate surface area is 118 Å². The number of amides is 1. The van der Waals surface area contributed by atoms with Crippen LogP contribution in [0.2, 0.25) is 0 Å². The van der Waals surface area contributed by atoms with Gasteiger partial charge in [0.25, 0.3) is 0 Å². The number of methoxy groups -OCH3 is 1. The maximum atomic E-state index is 11.8. The van der Waals surface area contributed by atoms with E-state index >= 15 is 0 Å². The number of carbonyl (C=O) groups excluding carboxylic acids is 1. The van der Waals surface area contributed by atoms with Gasteiger partial charge in [0.05, 0.1) is 11.5 Å². The molecule has 0 atom stereocenters. The van der Waals surface area contributed by atoms with Crippen molar-refractivity contribution in [3.05, 3.63) is 35.9 Å². The van der Waals surface area contributed by atoms with Gasteiger partial charge in [-0.2, -0.15) is 5.26 Å². The fourth-order valence-electron chi connectivity index (χ4n) is 2.21. The van der Waals surface area contributed by atoms with Crippen LogP contribution in [0.4, 0.5) is 4.79 Å². The highest BCUT2D eigenvalue weighted by molar-refractivity contribution is 5.69. The summed E-state index contributed by atoms with van der Waals surface area (Å²) >= 11 is 0. The van der Waals surface area contributed by atoms with Crippen molar-refractivity contribution in [3.8, 4) is 6.07 Å². The molecule has 1 heterocycles. The Morgan fingerprint density at radius 2 is 2.10 bits per heavy atom. The van der Waals surface area contributed by atoms with Gasteiger partial charge >= 0.3 is 6.09 Å². The average molecular weight is 274 g/mol. The molecule has 106 valence electrons. The van der Waals surface area contributed by atoms with Gasteiger partial charge in [0, 0.05) is 26.8 Å². The van der Waals surface area contributed by atoms with Crippen LogP contribution in [0.25, 0.3) is 0 Å². The lowest BCUT2D eigenvalue weighted by molar-refractivity contribution is 0.00797. The van der Waals surface area contributed by atoms with Gasteiger partial charge in [-0.3, -0.25) is 0 Å². The fraction of sp³-hybridized carbons (Fsp3) is 0.467. The van der Waals surface area contributed by atoms with Gasteiger partial charge in [-0.15, -0.1) is 0 Å². The van der Waals surface area contributed by atoms with E-state index < -0.39 is 5.41 Å². The smallest absolute Gasteiger partial charge is 0.410 e. The average Bonchev–Trinajstić information content (AvgIpc) is 2.45. The molecule has 0 N–H and O–H groups in total. The molecule has 0 saturated carbocycles. The number of rotatable bonds is 5. The first kappa shape index (κ1) is 14.4. The van der Waals surface area contributed by atoms with E-state index in [1.807, 2.05) is 30.3 Å². The van der Waals surface area contributed by atoms with Gasteiger partial charge in [0.15, 0.2) is 0 Å². The van der Waals surface area contributed by atoms with Crippen molar-refractivity contribution >= 4 is 6.09 Å². The molecule has 1 saturated heterocycles. The van der Waals surface area contributed by atoms with Crippen LogP contribution < -0.4 is 0 Å². The molecule has 5 nitrogen and oxygen atoms in total. The second-order valence-electron chi connectivity index (χ2n) is 5.03. The third-order valence-corrected chi connectivity index (χ3v) is 3.47. The zero-order valence-corrected chi connectivity index (χ0v) is 11.5. The lowest BCUT2D eigenvalue weighted by atomic mass is 9.79. The van der Waals surface area contributed by atoms with Gasteiger partial charge in [0.2, 0.25) is 0 Å². The minimum Gasteiger partial charge on any atom is -0.445 e. The largest absolute Gasteiger partial charge is 0.445 e. The maximum Gasteiger partial charge on any atom is 0.410 e. The van der Waals surface area contributed by atoms with E-state index in [9.17, 15) is 10.1 Å². The Hall–Kier alpha value is -2.06. The van der Waals surface area contributed by atoms with Gasteiger partial charge in [0.1, 0.15) is 6.61 Å². The summed E-state index contributed by atoms with van der Waals surface area (Å²) in [5, 5.41) is 9.19. The molecule has 5 heteroatoms. The van der Waals surface area contributed by atoms with Crippen LogP contribution in [-0.4, -0.2) is 37.8 Å². The van der Waals surface area contributed by atoms with E-state index in [-0.39, 0.29) is 12.7 Å². The zero-order chi connectivity index (χ0) is 14.4. The zero-order valence-electron chi connectivity index (χ0n) is 11.5. The summed E-state index contributed by atoms with van der Waals surface area (Å²) in [5.74, 6) is 0. The fourth-order valence-corrected chi connectivity index (χ4v) is 2.21. The highest BCUT2D eigenvalue weighted by atomic mass is 16.6. The molecule has 1 aromatic rings. The summed E-state index contributed by atoms with van der Waals surface area (Å²) in [6.45, 7) is 1.62. The number of hydrogen-bond donors (Lipinski definition) is 0. The van der Waals surface area contributed by atoms with Crippen molar-refractivity contribution < 1.29 is 14.3 Å². The van der Waals surface area contributed by atoms with Crippen LogP contribution >= 0.6 is 0 Å². The van der Waals surface area contributed by atoms with Crippen LogP contribution in [0, 0.1) is 16.7 Å². The van der Waals surface area contributed by atoms with Gasteiger partial charge in [-0.25, -0.2) is 4.79 Å². The summed E-state index contributed by atoms with van der Waals surface area (Å²) in [6.07, 6.45) is 0.278. The Morgan fingerprint density at radius 3 is 2.70 bits per heavy atom. The Morgan fingerprint density at radius 1 is 1.40 bits per heavy atom. The molecule has 1 amide bonds. The van der Waals surface area contributed by atoms with Crippen LogP contribution in [-0.2, 0) is 16.1 Å². The molecule has 1 aliphatic heterocycles. The quantitative estimate of drug-likeness (QED) is 0.825. The number of ether oxygens (including phenoxy) is 2. The Kier molecular flexibility index (Phi) is 4.59. The second-order valence-corrected chi connectivity index (χ2v) is 5.03. The van der Waals surface area contributed by atoms with Crippen molar-refractivity contribution in [2.24, 2.45) is 5.41 Å². The number of carbonyl (C=O) groups is 1. The highest BCUT2D eigenvalue weighted by Gasteiger charge is 2.46. The van der Waals surface area contributed by atoms with Crippen LogP contribution in [0.1, 0.15) is 12.0 Å². The molecule has 0 aromatic heterocycles. The van der Waals surface area contributed by atoms with E-state index in [4.69, 9.17) is 9.47 Å². The molecular formula is C15H18N2O3. The molecule has 1 aromatic carbocycles. The van der Waals surface area contributed by atoms with Crippen molar-refractivity contribution in [2.45, 2.75) is 13.0 Å². The third-order valence-electron chi connectivity index (χ3n) is 3.47. The molecule has 1 fully saturated rings. The van der Waals surface area contributed by atoms with Gasteiger partial charge in [-0.1, -0.05) is 30.3 Å². The molecule has 20 heavy (non-hydrogen) atoms. The minimum atomic E-state index is -0.470. The summed E-state index contributed by atoms with van der Waals surface area (Å²) in [6, 6.07) is 11.8. The monoisotopic (exact) mass is 274 g/mol. The predicted molar refractivity (Wildman–Crippen MR) is 72.7 cm³/mol. The maximum absolute atomic E-state index is 11.8. The number of nitrogens with zero attached hydrogens (tertiary/aromatic N) is 2. The summed E-state index contributed by atoms with van der Waals surface area (Å²) < 4.78 is 10.2. The van der Waals surface area contributed by atoms with Crippen molar-refractivity contribution in [1.82, 2.24) is 4.90 Å². The number of benzene rings is 1. The topological polar surface area (TPSA) is 62.6 Å². The summed E-state index contributed by atoms with van der Waals surface area (Å²) in [7, 11) is 1.61. The molecular weight excluding hydrogens is 256 g/mol. The SMILES string of the molecule is COCCC1(C#N)CN(C(=O)OCc2ccccc2)C1. The first-order valence-corrected chi connectivity index (χ1v) is 6.55. The van der Waals surface area contributed by atoms with E-state index in [1.165, 1.54) is 0 Å². The van der Waals surface area contributed by atoms with E-state index in [0.29, 0.717) is 26.1 Å². The first-order chi connectivity index (χ1) is 9.69. The normalized spacial score (nSPS) is 16.1. The van der Waals surface area contributed by atoms with Crippen LogP contribution in [0.3, 0.4) is 0 Å². The molecule has 0 aliphatic carbocycles. The molecule has 0 unspecified atom stereocenters. The number of likely N-dealkylation sites (tertiary alicyclic amines) is 1. The minimum absolute atomic E-state index is 0.258. The van der Waals surface area contributed by atoms with Gasteiger partial charge in [-0.05, 0) is 12.0 Å². The van der Waals surface area contributed by atoms with Crippen molar-refractivity contribution in [1.29, 1.82) is 5.26 Å². The Balaban J connectivity index is 1.77. The number of hydrogen-bond acceptors (Lipinski definition) is 4. The third kappa shape index (κ3) is 3.28. The van der Waals surface area contributed by atoms with E-state index in [2.05, 4.69) is 6.07 Å². The molecule has 1 aliphatic rings. The van der Waals surface area contributed by atoms with Crippen molar-refractivity contribution in [3.63, 3.8) is 0 Å². The first-order valence-electron chi connectivity index (χ1n) is 6.55. The van der Waals surface area contributed by atoms with Crippen LogP contribution in [0.5, 0.6) is 0 Å². The number of nitriles is 1. The Bertz CT molecular complexity index is 490. The summed E-state index contributed by atoms with van der Waals surface area (Å²) in [4.78, 5) is 13.4. The molecule has 0 radical (unpaired) electrons. The molecule has 0 bridgehead atoms. The highest BCUT2D eigenvalue weighted by Crippen LogP contribution is 2.33. The standard InChI is InChI=1S/C15H18N2O3/c1-19-8-7-15(10-16)11-17(12-15)14(18)20-9-13-5-3-2-4-6-13/h2-6H,7-9,11-12H2,1H3. The molecule has 2 rings (SSSR count). The lowest BCUT2D eigenvalue weighted by Gasteiger charge is -2.44. The van der Waals surface area contributed by atoms with E-state index in [1.54, 1.807) is 12.0 Å². The van der Waals surface area contributed by atoms with Gasteiger partial charge < -0.3 is 14.4 Å². The van der Waals surface area contributed by atoms with E-state index in [0.717, 1.165) is 5.56 Å². The predicted octanol–water partition coefficient (Wildman–Crippen LogP) is 2.19. The van der Waals surface area contributed by atoms with Crippen LogP contribution in [0.15, 0.2) is 30.3 Å². The van der Waals surface area contributed by atoms with Crippen molar-refractivity contribution in [2.75, 3.05) is 26.8 Å². The second kappa shape index (κ2) is 6.40.